The molecule has 3 saturated heterocycles. The van der Waals surface area contributed by atoms with E-state index in [-0.39, 0.29) is 77.6 Å². The molecule has 3 unspecified atom stereocenters. The first kappa shape index (κ1) is 52.6. The number of likely N-dealkylation sites (tertiary alicyclic amines) is 1. The van der Waals surface area contributed by atoms with Crippen molar-refractivity contribution >= 4 is 78.1 Å². The van der Waals surface area contributed by atoms with Crippen molar-refractivity contribution in [2.24, 2.45) is 29.6 Å². The zero-order valence-electron chi connectivity index (χ0n) is 41.5. The van der Waals surface area contributed by atoms with Crippen molar-refractivity contribution in [1.29, 1.82) is 0 Å². The van der Waals surface area contributed by atoms with E-state index in [1.807, 2.05) is 39.8 Å². The summed E-state index contributed by atoms with van der Waals surface area (Å²) in [6.45, 7) is 9.67. The number of carbonyl (C=O) groups excluding carboxylic acids is 7. The number of epoxide rings is 1. The number of halogens is 1. The molecular weight excluding hydrogens is 927 g/mol. The molecule has 1 spiro atoms. The van der Waals surface area contributed by atoms with E-state index in [1.54, 1.807) is 47.1 Å². The Hall–Kier alpha value is -4.23. The highest BCUT2D eigenvalue weighted by molar-refractivity contribution is 8.02. The molecule has 376 valence electrons. The first-order valence-corrected chi connectivity index (χ1v) is 25.4. The van der Waals surface area contributed by atoms with Crippen LogP contribution in [0.5, 0.6) is 5.75 Å². The largest absolute Gasteiger partial charge is 0.495 e. The molecule has 2 saturated carbocycles. The highest BCUT2D eigenvalue weighted by Crippen LogP contribution is 2.71. The molecule has 5 fully saturated rings. The normalized spacial score (nSPS) is 34.3. The number of alkyl carbamates (subject to hydrolysis) is 1. The van der Waals surface area contributed by atoms with Crippen LogP contribution in [0.1, 0.15) is 98.0 Å². The number of fused-ring (bicyclic) bond motifs is 4. The standard InChI is InChI=1S/C50H68BClN4O12S/c1-26-11-10-12-37(66-9)49(64)24-35(67-47(63)53-49)27(2)44-50(68-44)32(22-39(58)55(7)33-20-30(19-26)21-34(65-8)42(33)52)41(50)43(60)28(3)54(6)38(57)17-18-48(4,5)69-36-23-40(59)56(46(36)62)25-29-13-15-31(16-14-29)45(51)61/h10-12,20-21,27-29,31-32,35-37,41,44,64H,13-19,22-25,51H2,1-9H3,(H,53,63)/b12-10+,26-11+/t27-,28+,29?,31?,32?,35+,36?,37-,41?,44+,49+,50-/m1/s1. The van der Waals surface area contributed by atoms with Crippen molar-refractivity contribution in [2.75, 3.05) is 39.8 Å². The number of likely N-dealkylation sites (N-methyl/N-ethyl adjacent to an activating group) is 1. The molecule has 6 aliphatic rings. The predicted molar refractivity (Wildman–Crippen MR) is 262 cm³/mol. The number of allylic oxidation sites excluding steroid dienone is 3. The van der Waals surface area contributed by atoms with E-state index < -0.39 is 69.5 Å². The van der Waals surface area contributed by atoms with Gasteiger partial charge in [0.2, 0.25) is 23.6 Å². The van der Waals surface area contributed by atoms with Gasteiger partial charge in [0.05, 0.1) is 41.8 Å². The second-order valence-electron chi connectivity index (χ2n) is 20.9. The molecule has 4 bridgehead atoms. The number of rotatable bonds is 13. The van der Waals surface area contributed by atoms with E-state index >= 15 is 0 Å². The van der Waals surface area contributed by atoms with Gasteiger partial charge in [0, 0.05) is 75.9 Å². The summed E-state index contributed by atoms with van der Waals surface area (Å²) in [5, 5.41) is 14.1. The minimum atomic E-state index is -1.85. The summed E-state index contributed by atoms with van der Waals surface area (Å²) in [6.07, 6.45) is 5.97. The molecule has 1 aromatic carbocycles. The Balaban J connectivity index is 1.06. The summed E-state index contributed by atoms with van der Waals surface area (Å²) in [5.41, 5.74) is -0.589. The molecule has 2 N–H and O–H groups in total. The average Bonchev–Trinajstić information content (AvgIpc) is 4.17. The van der Waals surface area contributed by atoms with Crippen molar-refractivity contribution in [3.8, 4) is 5.75 Å². The van der Waals surface area contributed by atoms with Gasteiger partial charge in [0.25, 0.3) is 0 Å². The molecular formula is C50H68BClN4O12S. The Labute approximate surface area is 415 Å². The Bertz CT molecular complexity index is 2300. The van der Waals surface area contributed by atoms with E-state index in [9.17, 15) is 38.7 Å². The van der Waals surface area contributed by atoms with Crippen LogP contribution in [-0.2, 0) is 49.4 Å². The molecule has 19 heteroatoms. The van der Waals surface area contributed by atoms with Gasteiger partial charge in [-0.1, -0.05) is 56.2 Å². The number of nitrogens with zero attached hydrogens (tertiary/aromatic N) is 3. The lowest BCUT2D eigenvalue weighted by molar-refractivity contribution is -0.142. The van der Waals surface area contributed by atoms with Crippen LogP contribution >= 0.6 is 23.4 Å². The first-order valence-electron chi connectivity index (χ1n) is 24.2. The summed E-state index contributed by atoms with van der Waals surface area (Å²) in [4.78, 5) is 98.8. The number of hydrogen-bond donors (Lipinski definition) is 2. The average molecular weight is 995 g/mol. The molecule has 0 radical (unpaired) electrons. The fourth-order valence-corrected chi connectivity index (χ4v) is 13.0. The molecule has 0 aromatic heterocycles. The minimum Gasteiger partial charge on any atom is -0.495 e. The monoisotopic (exact) mass is 994 g/mol. The molecule has 16 nitrogen and oxygen atoms in total. The number of nitrogens with one attached hydrogen (secondary N) is 1. The summed E-state index contributed by atoms with van der Waals surface area (Å²) in [7, 11) is 7.75. The number of imide groups is 1. The van der Waals surface area contributed by atoms with Gasteiger partial charge in [0.1, 0.15) is 28.6 Å². The number of methoxy groups -OCH3 is 2. The van der Waals surface area contributed by atoms with Crippen molar-refractivity contribution in [2.45, 2.75) is 145 Å². The summed E-state index contributed by atoms with van der Waals surface area (Å²) < 4.78 is 23.0. The fraction of sp³-hybridized carbons (Fsp3) is 0.660. The maximum atomic E-state index is 14.7. The van der Waals surface area contributed by atoms with Gasteiger partial charge in [-0.25, -0.2) is 4.79 Å². The third kappa shape index (κ3) is 10.8. The molecule has 4 aliphatic heterocycles. The lowest BCUT2D eigenvalue weighted by atomic mass is 9.75. The van der Waals surface area contributed by atoms with Crippen LogP contribution in [0.4, 0.5) is 10.5 Å². The predicted octanol–water partition coefficient (Wildman–Crippen LogP) is 4.78. The zero-order valence-corrected chi connectivity index (χ0v) is 43.1. The molecule has 2 aliphatic carbocycles. The second kappa shape index (κ2) is 20.5. The van der Waals surface area contributed by atoms with Crippen LogP contribution < -0.4 is 15.0 Å². The van der Waals surface area contributed by atoms with Crippen molar-refractivity contribution in [1.82, 2.24) is 15.1 Å². The van der Waals surface area contributed by atoms with Crippen molar-refractivity contribution in [3.63, 3.8) is 0 Å². The topological polar surface area (TPSA) is 202 Å². The number of ether oxygens (including phenoxy) is 4. The smallest absolute Gasteiger partial charge is 0.409 e. The molecule has 1 aromatic rings. The number of benzene rings is 1. The maximum absolute atomic E-state index is 14.7. The highest BCUT2D eigenvalue weighted by atomic mass is 35.5. The van der Waals surface area contributed by atoms with Crippen molar-refractivity contribution < 1.29 is 57.6 Å². The van der Waals surface area contributed by atoms with Gasteiger partial charge in [-0.3, -0.25) is 34.2 Å². The van der Waals surface area contributed by atoms with Crippen molar-refractivity contribution in [3.05, 3.63) is 46.5 Å². The lowest BCUT2D eigenvalue weighted by Gasteiger charge is -2.41. The Morgan fingerprint density at radius 2 is 1.80 bits per heavy atom. The van der Waals surface area contributed by atoms with Crippen LogP contribution in [-0.4, -0.2) is 144 Å². The van der Waals surface area contributed by atoms with Gasteiger partial charge in [-0.05, 0) is 76.0 Å². The second-order valence-corrected chi connectivity index (χ2v) is 23.2. The molecule has 10 atom stereocenters. The number of ketones is 1. The van der Waals surface area contributed by atoms with Gasteiger partial charge in [-0.15, -0.1) is 11.8 Å². The van der Waals surface area contributed by atoms with Gasteiger partial charge >= 0.3 is 6.09 Å². The van der Waals surface area contributed by atoms with E-state index in [2.05, 4.69) is 5.32 Å². The van der Waals surface area contributed by atoms with E-state index in [0.717, 1.165) is 36.8 Å². The number of aliphatic hydroxyl groups is 1. The van der Waals surface area contributed by atoms with Crippen LogP contribution in [0.25, 0.3) is 0 Å². The Kier molecular flexibility index (Phi) is 15.6. The first-order chi connectivity index (χ1) is 32.4. The highest BCUT2D eigenvalue weighted by Gasteiger charge is 2.84. The van der Waals surface area contributed by atoms with Gasteiger partial charge in [0.15, 0.2) is 19.4 Å². The third-order valence-corrected chi connectivity index (χ3v) is 17.6. The van der Waals surface area contributed by atoms with Gasteiger partial charge in [-0.2, -0.15) is 0 Å². The lowest BCUT2D eigenvalue weighted by Crippen LogP contribution is -2.63. The molecule has 5 amide bonds. The summed E-state index contributed by atoms with van der Waals surface area (Å²) in [5.74, 6) is -2.61. The van der Waals surface area contributed by atoms with E-state index in [1.165, 1.54) is 40.7 Å². The molecule has 4 heterocycles. The quantitative estimate of drug-likeness (QED) is 0.156. The maximum Gasteiger partial charge on any atom is 0.409 e. The zero-order chi connectivity index (χ0) is 50.5. The van der Waals surface area contributed by atoms with Crippen LogP contribution in [0.3, 0.4) is 0 Å². The van der Waals surface area contributed by atoms with Gasteiger partial charge < -0.3 is 38.6 Å². The van der Waals surface area contributed by atoms with Crippen LogP contribution in [0, 0.1) is 29.6 Å². The number of thioether (sulfide) groups is 1. The number of carbonyl (C=O) groups is 7. The number of Topliss-reactive ketones (excluding diaryl/α,β-unsaturated/α-hetero) is 1. The summed E-state index contributed by atoms with van der Waals surface area (Å²) in [6, 6.07) is 2.72. The van der Waals surface area contributed by atoms with Crippen LogP contribution in [0.2, 0.25) is 5.02 Å². The molecule has 7 rings (SSSR count). The number of hydrogen-bond acceptors (Lipinski definition) is 13. The minimum absolute atomic E-state index is 0.0551. The summed E-state index contributed by atoms with van der Waals surface area (Å²) >= 11 is 8.23. The Morgan fingerprint density at radius 3 is 2.45 bits per heavy atom. The van der Waals surface area contributed by atoms with Crippen LogP contribution in [0.15, 0.2) is 35.9 Å². The number of amides is 5. The number of anilines is 1. The molecule has 69 heavy (non-hydrogen) atoms. The Morgan fingerprint density at radius 1 is 1.10 bits per heavy atom. The SMILES string of the molecule is BC(=O)C1CCC(CN2C(=O)CC(SC(C)(C)CCC(=O)N(C)[C@@H](C)C(=O)C3C4CC(=O)N(C)c5cc(cc(OC)c5Cl)C/C(C)=C/C=C/[C@@H](OC)[C@@]5(O)C[C@H](OC(=O)N5)[C@@H](C)[C@@H]5O[C@]435)C2=O)CC1. The van der Waals surface area contributed by atoms with E-state index in [4.69, 9.17) is 30.5 Å². The fourth-order valence-electron chi connectivity index (χ4n) is 11.2. The third-order valence-electron chi connectivity index (χ3n) is 15.7. The van der Waals surface area contributed by atoms with E-state index in [0.29, 0.717) is 30.8 Å².